The van der Waals surface area contributed by atoms with Gasteiger partial charge in [0.05, 0.1) is 35.6 Å². The Morgan fingerprint density at radius 3 is 2.38 bits per heavy atom. The van der Waals surface area contributed by atoms with Gasteiger partial charge in [0.25, 0.3) is 5.56 Å². The van der Waals surface area contributed by atoms with Gasteiger partial charge >= 0.3 is 5.97 Å². The first kappa shape index (κ1) is 31.5. The smallest absolute Gasteiger partial charge is 0.338 e. The lowest BCUT2D eigenvalue weighted by Crippen LogP contribution is -2.40. The molecule has 8 heteroatoms. The van der Waals surface area contributed by atoms with Crippen LogP contribution in [0.1, 0.15) is 40.8 Å². The van der Waals surface area contributed by atoms with Crippen molar-refractivity contribution in [3.8, 4) is 11.5 Å². The number of methoxy groups -OCH3 is 1. The van der Waals surface area contributed by atoms with Crippen LogP contribution in [-0.4, -0.2) is 24.3 Å². The van der Waals surface area contributed by atoms with Crippen LogP contribution in [0.25, 0.3) is 11.8 Å². The van der Waals surface area contributed by atoms with Crippen molar-refractivity contribution in [2.24, 2.45) is 4.99 Å². The lowest BCUT2D eigenvalue weighted by atomic mass is 9.93. The maximum absolute atomic E-state index is 14.3. The number of hydrogen-bond donors (Lipinski definition) is 0. The van der Waals surface area contributed by atoms with Crippen molar-refractivity contribution in [3.63, 3.8) is 0 Å². The molecule has 2 heterocycles. The Kier molecular flexibility index (Phi) is 9.59. The van der Waals surface area contributed by atoms with Crippen molar-refractivity contribution in [1.29, 1.82) is 0 Å². The molecule has 0 N–H and O–H groups in total. The summed E-state index contributed by atoms with van der Waals surface area (Å²) >= 11 is 1.29. The van der Waals surface area contributed by atoms with E-state index in [1.165, 1.54) is 11.3 Å². The third-order valence-corrected chi connectivity index (χ3v) is 8.77. The summed E-state index contributed by atoms with van der Waals surface area (Å²) in [5.74, 6) is 0.904. The highest BCUT2D eigenvalue weighted by molar-refractivity contribution is 7.07. The van der Waals surface area contributed by atoms with E-state index in [4.69, 9.17) is 19.2 Å². The van der Waals surface area contributed by atoms with Gasteiger partial charge in [-0.1, -0.05) is 96.3 Å². The average Bonchev–Trinajstić information content (AvgIpc) is 3.42. The maximum atomic E-state index is 14.3. The van der Waals surface area contributed by atoms with Crippen LogP contribution in [0.4, 0.5) is 0 Å². The Hall–Kier alpha value is -5.47. The van der Waals surface area contributed by atoms with Crippen LogP contribution < -0.4 is 24.4 Å². The minimum Gasteiger partial charge on any atom is -0.497 e. The Morgan fingerprint density at radius 1 is 0.979 bits per heavy atom. The number of rotatable bonds is 11. The Balaban J connectivity index is 1.49. The van der Waals surface area contributed by atoms with E-state index in [-0.39, 0.29) is 12.2 Å². The van der Waals surface area contributed by atoms with Gasteiger partial charge in [0, 0.05) is 5.56 Å². The molecule has 0 amide bonds. The van der Waals surface area contributed by atoms with E-state index in [1.807, 2.05) is 115 Å². The molecule has 0 saturated carbocycles. The molecule has 0 aliphatic carbocycles. The highest BCUT2D eigenvalue weighted by atomic mass is 32.1. The number of hydrogen-bond acceptors (Lipinski definition) is 7. The molecule has 0 saturated heterocycles. The number of carbonyl (C=O) groups is 1. The zero-order chi connectivity index (χ0) is 32.8. The lowest BCUT2D eigenvalue weighted by Gasteiger charge is -2.26. The van der Waals surface area contributed by atoms with Crippen LogP contribution in [0.15, 0.2) is 131 Å². The number of fused-ring (bicyclic) bond motifs is 1. The van der Waals surface area contributed by atoms with Crippen molar-refractivity contribution in [1.82, 2.24) is 4.57 Å². The second-order valence-electron chi connectivity index (χ2n) is 10.8. The highest BCUT2D eigenvalue weighted by Crippen LogP contribution is 2.35. The Labute approximate surface area is 277 Å². The predicted molar refractivity (Wildman–Crippen MR) is 185 cm³/mol. The molecule has 1 aliphatic heterocycles. The highest BCUT2D eigenvalue weighted by Gasteiger charge is 2.35. The van der Waals surface area contributed by atoms with Gasteiger partial charge in [-0.15, -0.1) is 6.58 Å². The summed E-state index contributed by atoms with van der Waals surface area (Å²) in [4.78, 5) is 33.4. The molecule has 0 spiro atoms. The van der Waals surface area contributed by atoms with Crippen LogP contribution >= 0.6 is 11.3 Å². The zero-order valence-corrected chi connectivity index (χ0v) is 27.0. The van der Waals surface area contributed by atoms with E-state index in [1.54, 1.807) is 18.6 Å². The van der Waals surface area contributed by atoms with Crippen LogP contribution in [0, 0.1) is 0 Å². The molecular weight excluding hydrogens is 609 g/mol. The third kappa shape index (κ3) is 6.73. The van der Waals surface area contributed by atoms with Gasteiger partial charge in [-0.25, -0.2) is 9.79 Å². The summed E-state index contributed by atoms with van der Waals surface area (Å²) < 4.78 is 19.2. The summed E-state index contributed by atoms with van der Waals surface area (Å²) in [5, 5.41) is 0. The van der Waals surface area contributed by atoms with Gasteiger partial charge in [-0.3, -0.25) is 9.36 Å². The molecule has 7 nitrogen and oxygen atoms in total. The van der Waals surface area contributed by atoms with Crippen molar-refractivity contribution in [2.45, 2.75) is 26.0 Å². The molecule has 47 heavy (non-hydrogen) atoms. The fraction of sp³-hybridized carbons (Fsp3) is 0.154. The largest absolute Gasteiger partial charge is 0.497 e. The molecule has 1 atom stereocenters. The first-order valence-electron chi connectivity index (χ1n) is 15.3. The molecule has 0 unspecified atom stereocenters. The van der Waals surface area contributed by atoms with Crippen molar-refractivity contribution >= 4 is 29.1 Å². The second-order valence-corrected chi connectivity index (χ2v) is 11.8. The summed E-state index contributed by atoms with van der Waals surface area (Å²) in [6, 6.07) is 32.0. The van der Waals surface area contributed by atoms with E-state index >= 15 is 0 Å². The Morgan fingerprint density at radius 2 is 1.70 bits per heavy atom. The minimum atomic E-state index is -0.765. The SMILES string of the molecule is C=CCc1cc(/C=c2/sc3n(c2=O)[C@@H](c2ccc(OC)cc2)C(C(=O)OCC)=C(c2ccccc2)N=3)ccc1OCc1ccccc1. The number of nitrogens with zero attached hydrogens (tertiary/aromatic N) is 2. The van der Waals surface area contributed by atoms with E-state index in [2.05, 4.69) is 6.58 Å². The minimum absolute atomic E-state index is 0.183. The molecule has 0 bridgehead atoms. The fourth-order valence-electron chi connectivity index (χ4n) is 5.57. The van der Waals surface area contributed by atoms with Crippen molar-refractivity contribution in [2.75, 3.05) is 13.7 Å². The molecular formula is C39H34N2O5S. The molecule has 4 aromatic carbocycles. The van der Waals surface area contributed by atoms with E-state index in [9.17, 15) is 9.59 Å². The molecule has 0 fully saturated rings. The van der Waals surface area contributed by atoms with Crippen molar-refractivity contribution < 1.29 is 19.0 Å². The molecule has 5 aromatic rings. The van der Waals surface area contributed by atoms with Gasteiger partial charge in [0.15, 0.2) is 4.80 Å². The number of esters is 1. The lowest BCUT2D eigenvalue weighted by molar-refractivity contribution is -0.138. The topological polar surface area (TPSA) is 79.1 Å². The molecule has 236 valence electrons. The van der Waals surface area contributed by atoms with Crippen LogP contribution in [0.5, 0.6) is 11.5 Å². The van der Waals surface area contributed by atoms with E-state index in [0.29, 0.717) is 39.4 Å². The zero-order valence-electron chi connectivity index (χ0n) is 26.2. The third-order valence-electron chi connectivity index (χ3n) is 7.79. The predicted octanol–water partition coefficient (Wildman–Crippen LogP) is 6.25. The molecule has 0 radical (unpaired) electrons. The summed E-state index contributed by atoms with van der Waals surface area (Å²) in [6.45, 7) is 6.31. The summed E-state index contributed by atoms with van der Waals surface area (Å²) in [7, 11) is 1.60. The van der Waals surface area contributed by atoms with E-state index < -0.39 is 12.0 Å². The summed E-state index contributed by atoms with van der Waals surface area (Å²) in [5.41, 5.74) is 4.90. The van der Waals surface area contributed by atoms with Crippen LogP contribution in [0.2, 0.25) is 0 Å². The normalized spacial score (nSPS) is 14.3. The molecule has 1 aliphatic rings. The van der Waals surface area contributed by atoms with Crippen molar-refractivity contribution in [3.05, 3.63) is 169 Å². The van der Waals surface area contributed by atoms with Gasteiger partial charge < -0.3 is 14.2 Å². The number of benzene rings is 4. The number of allylic oxidation sites excluding steroid dienone is 1. The monoisotopic (exact) mass is 642 g/mol. The average molecular weight is 643 g/mol. The van der Waals surface area contributed by atoms with Gasteiger partial charge in [0.2, 0.25) is 0 Å². The number of carbonyl (C=O) groups excluding carboxylic acids is 1. The van der Waals surface area contributed by atoms with E-state index in [0.717, 1.165) is 33.6 Å². The van der Waals surface area contributed by atoms with Crippen LogP contribution in [0.3, 0.4) is 0 Å². The first-order valence-corrected chi connectivity index (χ1v) is 16.1. The number of ether oxygens (including phenoxy) is 3. The standard InChI is InChI=1S/C39H34N2O5S/c1-4-12-30-23-27(17-22-32(30)46-25-26-13-8-6-9-14-26)24-33-37(42)41-36(29-18-20-31(44-3)21-19-29)34(38(43)45-5-2)35(40-39(41)47-33)28-15-10-7-11-16-28/h4,6-11,13-24,36H,1,5,12,25H2,2-3H3/b33-24+/t36-/m0/s1. The maximum Gasteiger partial charge on any atom is 0.338 e. The second kappa shape index (κ2) is 14.3. The fourth-order valence-corrected chi connectivity index (χ4v) is 6.57. The van der Waals surface area contributed by atoms with Gasteiger partial charge in [0.1, 0.15) is 18.1 Å². The summed E-state index contributed by atoms with van der Waals surface area (Å²) in [6.07, 6.45) is 4.30. The number of thiazole rings is 1. The van der Waals surface area contributed by atoms with Gasteiger partial charge in [-0.05, 0) is 65.9 Å². The number of aromatic nitrogens is 1. The van der Waals surface area contributed by atoms with Crippen LogP contribution in [-0.2, 0) is 22.6 Å². The quantitative estimate of drug-likeness (QED) is 0.126. The molecule has 1 aromatic heterocycles. The Bertz CT molecular complexity index is 2110. The first-order chi connectivity index (χ1) is 23.0. The van der Waals surface area contributed by atoms with Gasteiger partial charge in [-0.2, -0.15) is 0 Å². The molecule has 6 rings (SSSR count).